The molecular formula is C44H32N4OSi. The van der Waals surface area contributed by atoms with Crippen molar-refractivity contribution in [1.82, 2.24) is 9.97 Å². The van der Waals surface area contributed by atoms with Crippen molar-refractivity contribution < 1.29 is 4.74 Å². The standard InChI is InChI=1S/C44H32N4OSi/c1-50(2)40-21-11-7-17-36(40)47(37-18-8-12-22-41(37)50)31-26-23-30(24-27-31)42-33-28-25-29-13-3-4-14-32(29)43(33)46-44(45-42)48-34-15-5-9-19-38(34)49-39-20-10-6-16-35(39)48/h3-28H,1-2H3. The van der Waals surface area contributed by atoms with Crippen molar-refractivity contribution in [3.05, 3.63) is 158 Å². The van der Waals surface area contributed by atoms with E-state index in [4.69, 9.17) is 14.7 Å². The Morgan fingerprint density at radius 3 is 1.70 bits per heavy atom. The summed E-state index contributed by atoms with van der Waals surface area (Å²) in [6.07, 6.45) is 0. The van der Waals surface area contributed by atoms with Crippen molar-refractivity contribution in [3.63, 3.8) is 0 Å². The van der Waals surface area contributed by atoms with E-state index in [1.165, 1.54) is 21.7 Å². The molecular weight excluding hydrogens is 629 g/mol. The lowest BCUT2D eigenvalue weighted by atomic mass is 10.0. The number of hydrogen-bond donors (Lipinski definition) is 0. The van der Waals surface area contributed by atoms with Gasteiger partial charge in [0, 0.05) is 33.4 Å². The van der Waals surface area contributed by atoms with Gasteiger partial charge in [0.1, 0.15) is 8.07 Å². The summed E-state index contributed by atoms with van der Waals surface area (Å²) >= 11 is 0. The third kappa shape index (κ3) is 4.25. The van der Waals surface area contributed by atoms with Crippen LogP contribution >= 0.6 is 0 Å². The lowest BCUT2D eigenvalue weighted by molar-refractivity contribution is 0.476. The maximum atomic E-state index is 6.34. The zero-order valence-electron chi connectivity index (χ0n) is 27.7. The smallest absolute Gasteiger partial charge is 0.236 e. The first kappa shape index (κ1) is 28.7. The SMILES string of the molecule is C[Si]1(C)c2ccccc2N(c2ccc(-c3nc(N4c5ccccc5Oc5ccccc54)nc4c3ccc3ccccc34)cc2)c2ccccc21. The molecule has 0 spiro atoms. The van der Waals surface area contributed by atoms with E-state index >= 15 is 0 Å². The van der Waals surface area contributed by atoms with Gasteiger partial charge in [-0.1, -0.05) is 116 Å². The second kappa shape index (κ2) is 10.9. The van der Waals surface area contributed by atoms with Gasteiger partial charge < -0.3 is 9.64 Å². The van der Waals surface area contributed by atoms with Gasteiger partial charge >= 0.3 is 0 Å². The summed E-state index contributed by atoms with van der Waals surface area (Å²) in [6, 6.07) is 55.7. The highest BCUT2D eigenvalue weighted by Crippen LogP contribution is 2.50. The fourth-order valence-corrected chi connectivity index (χ4v) is 10.8. The number of hydrogen-bond acceptors (Lipinski definition) is 5. The number of nitrogens with zero attached hydrogens (tertiary/aromatic N) is 4. The first-order chi connectivity index (χ1) is 24.6. The van der Waals surface area contributed by atoms with E-state index in [0.717, 1.165) is 61.5 Å². The van der Waals surface area contributed by atoms with Crippen molar-refractivity contribution in [2.45, 2.75) is 13.1 Å². The van der Waals surface area contributed by atoms with Gasteiger partial charge in [-0.3, -0.25) is 4.90 Å². The van der Waals surface area contributed by atoms with Crippen molar-refractivity contribution in [1.29, 1.82) is 0 Å². The molecule has 0 N–H and O–H groups in total. The molecule has 0 bridgehead atoms. The highest BCUT2D eigenvalue weighted by Gasteiger charge is 2.38. The predicted octanol–water partition coefficient (Wildman–Crippen LogP) is 10.6. The summed E-state index contributed by atoms with van der Waals surface area (Å²) in [5.41, 5.74) is 8.29. The molecule has 10 rings (SSSR count). The molecule has 7 aromatic carbocycles. The quantitative estimate of drug-likeness (QED) is 0.139. The minimum atomic E-state index is -1.87. The zero-order chi connectivity index (χ0) is 33.4. The number of fused-ring (bicyclic) bond motifs is 7. The molecule has 0 atom stereocenters. The van der Waals surface area contributed by atoms with Gasteiger partial charge in [0.2, 0.25) is 5.95 Å². The molecule has 2 aliphatic heterocycles. The minimum Gasteiger partial charge on any atom is -0.453 e. The van der Waals surface area contributed by atoms with Gasteiger partial charge in [-0.15, -0.1) is 0 Å². The second-order valence-electron chi connectivity index (χ2n) is 13.5. The van der Waals surface area contributed by atoms with Crippen LogP contribution in [-0.2, 0) is 0 Å². The average molecular weight is 661 g/mol. The molecule has 8 aromatic rings. The second-order valence-corrected chi connectivity index (χ2v) is 17.8. The number of anilines is 6. The predicted molar refractivity (Wildman–Crippen MR) is 209 cm³/mol. The van der Waals surface area contributed by atoms with Crippen LogP contribution in [0.2, 0.25) is 13.1 Å². The Hall–Kier alpha value is -6.24. The highest BCUT2D eigenvalue weighted by atomic mass is 28.3. The van der Waals surface area contributed by atoms with Crippen LogP contribution in [0.5, 0.6) is 11.5 Å². The fourth-order valence-electron chi connectivity index (χ4n) is 7.81. The fraction of sp³-hybridized carbons (Fsp3) is 0.0455. The van der Waals surface area contributed by atoms with Crippen LogP contribution in [0.4, 0.5) is 34.4 Å². The third-order valence-electron chi connectivity index (χ3n) is 10.2. The lowest BCUT2D eigenvalue weighted by Gasteiger charge is -2.41. The van der Waals surface area contributed by atoms with E-state index in [9.17, 15) is 0 Å². The van der Waals surface area contributed by atoms with Crippen molar-refractivity contribution >= 4 is 74.5 Å². The number of para-hydroxylation sites is 6. The van der Waals surface area contributed by atoms with Crippen LogP contribution in [0.15, 0.2) is 158 Å². The van der Waals surface area contributed by atoms with Crippen molar-refractivity contribution in [3.8, 4) is 22.8 Å². The third-order valence-corrected chi connectivity index (χ3v) is 13.8. The Balaban J connectivity index is 1.18. The average Bonchev–Trinajstić information content (AvgIpc) is 3.17. The topological polar surface area (TPSA) is 41.5 Å². The molecule has 1 aromatic heterocycles. The lowest BCUT2D eigenvalue weighted by Crippen LogP contribution is -2.58. The van der Waals surface area contributed by atoms with Crippen LogP contribution in [-0.4, -0.2) is 18.0 Å². The maximum absolute atomic E-state index is 6.34. The Bertz CT molecular complexity index is 2540. The Morgan fingerprint density at radius 1 is 0.480 bits per heavy atom. The Labute approximate surface area is 291 Å². The van der Waals surface area contributed by atoms with Gasteiger partial charge in [0.15, 0.2) is 11.5 Å². The summed E-state index contributed by atoms with van der Waals surface area (Å²) in [5.74, 6) is 2.14. The van der Waals surface area contributed by atoms with E-state index in [1.807, 2.05) is 36.4 Å². The largest absolute Gasteiger partial charge is 0.453 e. The van der Waals surface area contributed by atoms with Crippen molar-refractivity contribution in [2.24, 2.45) is 0 Å². The van der Waals surface area contributed by atoms with Crippen LogP contribution in [0.1, 0.15) is 0 Å². The molecule has 2 aliphatic rings. The van der Waals surface area contributed by atoms with E-state index in [1.54, 1.807) is 0 Å². The molecule has 0 aliphatic carbocycles. The van der Waals surface area contributed by atoms with E-state index in [0.29, 0.717) is 5.95 Å². The van der Waals surface area contributed by atoms with Gasteiger partial charge in [-0.05, 0) is 70.4 Å². The Morgan fingerprint density at radius 2 is 1.04 bits per heavy atom. The number of benzene rings is 7. The molecule has 6 heteroatoms. The van der Waals surface area contributed by atoms with E-state index < -0.39 is 8.07 Å². The monoisotopic (exact) mass is 660 g/mol. The van der Waals surface area contributed by atoms with Gasteiger partial charge in [0.05, 0.1) is 22.6 Å². The summed E-state index contributed by atoms with van der Waals surface area (Å²) in [7, 11) is -1.87. The molecule has 50 heavy (non-hydrogen) atoms. The van der Waals surface area contributed by atoms with Crippen LogP contribution in [0.3, 0.4) is 0 Å². The zero-order valence-corrected chi connectivity index (χ0v) is 28.7. The van der Waals surface area contributed by atoms with E-state index in [2.05, 4.69) is 144 Å². The minimum absolute atomic E-state index is 0.599. The molecule has 3 heterocycles. The highest BCUT2D eigenvalue weighted by molar-refractivity contribution is 7.02. The first-order valence-corrected chi connectivity index (χ1v) is 20.0. The molecule has 0 radical (unpaired) electrons. The molecule has 238 valence electrons. The molecule has 0 fully saturated rings. The Kier molecular flexibility index (Phi) is 6.26. The summed E-state index contributed by atoms with van der Waals surface area (Å²) in [5, 5.41) is 6.15. The van der Waals surface area contributed by atoms with Gasteiger partial charge in [-0.2, -0.15) is 0 Å². The van der Waals surface area contributed by atoms with Crippen LogP contribution in [0.25, 0.3) is 32.9 Å². The van der Waals surface area contributed by atoms with E-state index in [-0.39, 0.29) is 0 Å². The molecule has 0 saturated heterocycles. The summed E-state index contributed by atoms with van der Waals surface area (Å²) in [6.45, 7) is 4.91. The normalized spacial score (nSPS) is 14.0. The van der Waals surface area contributed by atoms with Gasteiger partial charge in [-0.25, -0.2) is 9.97 Å². The molecule has 0 saturated carbocycles. The first-order valence-electron chi connectivity index (χ1n) is 17.0. The summed E-state index contributed by atoms with van der Waals surface area (Å²) in [4.78, 5) is 15.3. The number of rotatable bonds is 3. The molecule has 5 nitrogen and oxygen atoms in total. The van der Waals surface area contributed by atoms with Crippen molar-refractivity contribution in [2.75, 3.05) is 9.80 Å². The number of aromatic nitrogens is 2. The van der Waals surface area contributed by atoms with Crippen LogP contribution < -0.4 is 24.9 Å². The van der Waals surface area contributed by atoms with Gasteiger partial charge in [0.25, 0.3) is 0 Å². The molecule has 0 unspecified atom stereocenters. The number of ether oxygens (including phenoxy) is 1. The summed E-state index contributed by atoms with van der Waals surface area (Å²) < 4.78 is 6.34. The molecule has 0 amide bonds. The maximum Gasteiger partial charge on any atom is 0.236 e. The van der Waals surface area contributed by atoms with Crippen LogP contribution in [0, 0.1) is 0 Å².